The van der Waals surface area contributed by atoms with Crippen molar-refractivity contribution in [1.29, 1.82) is 0 Å². The van der Waals surface area contributed by atoms with Crippen molar-refractivity contribution in [2.24, 2.45) is 0 Å². The summed E-state index contributed by atoms with van der Waals surface area (Å²) < 4.78 is 26.3. The molecule has 0 N–H and O–H groups in total. The Labute approximate surface area is 176 Å². The van der Waals surface area contributed by atoms with E-state index in [9.17, 15) is 9.18 Å². The fraction of sp³-hybridized carbons (Fsp3) is 0.227. The first-order valence-corrected chi connectivity index (χ1v) is 10.5. The third kappa shape index (κ3) is 4.04. The summed E-state index contributed by atoms with van der Waals surface area (Å²) in [4.78, 5) is 17.7. The molecule has 0 unspecified atom stereocenters. The van der Waals surface area contributed by atoms with Crippen molar-refractivity contribution in [1.82, 2.24) is 14.6 Å². The molecule has 0 amide bonds. The Balaban J connectivity index is 1.70. The van der Waals surface area contributed by atoms with E-state index in [1.807, 2.05) is 32.0 Å². The molecule has 0 saturated heterocycles. The summed E-state index contributed by atoms with van der Waals surface area (Å²) in [6.45, 7) is 5.08. The van der Waals surface area contributed by atoms with E-state index in [0.29, 0.717) is 45.6 Å². The van der Waals surface area contributed by atoms with Crippen LogP contribution >= 0.6 is 11.3 Å². The summed E-state index contributed by atoms with van der Waals surface area (Å²) in [6, 6.07) is 11.4. The van der Waals surface area contributed by atoms with Gasteiger partial charge in [-0.1, -0.05) is 24.3 Å². The Bertz CT molecular complexity index is 1280. The van der Waals surface area contributed by atoms with Crippen molar-refractivity contribution in [2.75, 3.05) is 13.2 Å². The first-order valence-electron chi connectivity index (χ1n) is 9.66. The smallest absolute Gasteiger partial charge is 0.291 e. The molecule has 0 aliphatic heterocycles. The highest BCUT2D eigenvalue weighted by molar-refractivity contribution is 7.15. The van der Waals surface area contributed by atoms with Gasteiger partial charge < -0.3 is 9.47 Å². The maximum atomic E-state index is 13.1. The molecule has 0 spiro atoms. The van der Waals surface area contributed by atoms with Gasteiger partial charge >= 0.3 is 0 Å². The minimum Gasteiger partial charge on any atom is -0.490 e. The largest absolute Gasteiger partial charge is 0.490 e. The van der Waals surface area contributed by atoms with Crippen LogP contribution in [0.2, 0.25) is 0 Å². The van der Waals surface area contributed by atoms with Crippen molar-refractivity contribution < 1.29 is 13.9 Å². The highest BCUT2D eigenvalue weighted by Gasteiger charge is 2.12. The van der Waals surface area contributed by atoms with Crippen LogP contribution in [-0.4, -0.2) is 27.8 Å². The van der Waals surface area contributed by atoms with Crippen molar-refractivity contribution in [3.63, 3.8) is 0 Å². The molecule has 0 atom stereocenters. The highest BCUT2D eigenvalue weighted by Crippen LogP contribution is 2.29. The molecule has 0 aliphatic carbocycles. The van der Waals surface area contributed by atoms with E-state index in [0.717, 1.165) is 12.0 Å². The van der Waals surface area contributed by atoms with Crippen LogP contribution in [0.4, 0.5) is 4.39 Å². The van der Waals surface area contributed by atoms with Gasteiger partial charge in [0.05, 0.1) is 17.7 Å². The third-order valence-corrected chi connectivity index (χ3v) is 5.27. The summed E-state index contributed by atoms with van der Waals surface area (Å²) in [5.74, 6) is 1.38. The van der Waals surface area contributed by atoms with Crippen LogP contribution in [0.5, 0.6) is 11.5 Å². The number of hydrogen-bond acceptors (Lipinski definition) is 6. The molecule has 0 radical (unpaired) electrons. The monoisotopic (exact) mass is 425 g/mol. The second kappa shape index (κ2) is 8.62. The predicted octanol–water partition coefficient (Wildman–Crippen LogP) is 3.69. The van der Waals surface area contributed by atoms with Crippen LogP contribution in [0.1, 0.15) is 25.8 Å². The average molecular weight is 425 g/mol. The van der Waals surface area contributed by atoms with Gasteiger partial charge in [0.2, 0.25) is 4.96 Å². The van der Waals surface area contributed by atoms with Gasteiger partial charge in [-0.25, -0.2) is 4.39 Å². The minimum absolute atomic E-state index is 0.250. The third-order valence-electron chi connectivity index (χ3n) is 4.31. The number of nitrogens with zero attached hydrogens (tertiary/aromatic N) is 3. The molecule has 0 fully saturated rings. The average Bonchev–Trinajstić information content (AvgIpc) is 3.28. The van der Waals surface area contributed by atoms with Crippen LogP contribution in [0.25, 0.3) is 22.4 Å². The molecule has 4 aromatic rings. The van der Waals surface area contributed by atoms with Crippen LogP contribution in [0.15, 0.2) is 47.3 Å². The highest BCUT2D eigenvalue weighted by atomic mass is 32.1. The van der Waals surface area contributed by atoms with E-state index in [1.165, 1.54) is 28.0 Å². The van der Waals surface area contributed by atoms with Crippen LogP contribution in [0.3, 0.4) is 0 Å². The molecular weight excluding hydrogens is 405 g/mol. The first kappa shape index (κ1) is 20.0. The lowest BCUT2D eigenvalue weighted by molar-refractivity contribution is 0.277. The molecule has 6 nitrogen and oxygen atoms in total. The van der Waals surface area contributed by atoms with Gasteiger partial charge in [-0.15, -0.1) is 5.10 Å². The lowest BCUT2D eigenvalue weighted by Crippen LogP contribution is -2.23. The summed E-state index contributed by atoms with van der Waals surface area (Å²) >= 11 is 1.25. The Hall–Kier alpha value is -3.26. The molecule has 0 bridgehead atoms. The van der Waals surface area contributed by atoms with Gasteiger partial charge in [-0.3, -0.25) is 4.79 Å². The van der Waals surface area contributed by atoms with Crippen molar-refractivity contribution in [3.05, 3.63) is 68.7 Å². The Morgan fingerprint density at radius 3 is 2.60 bits per heavy atom. The van der Waals surface area contributed by atoms with E-state index in [2.05, 4.69) is 10.1 Å². The van der Waals surface area contributed by atoms with Gasteiger partial charge in [-0.2, -0.15) is 9.50 Å². The van der Waals surface area contributed by atoms with E-state index < -0.39 is 0 Å². The van der Waals surface area contributed by atoms with Crippen molar-refractivity contribution >= 4 is 22.4 Å². The van der Waals surface area contributed by atoms with Gasteiger partial charge in [0, 0.05) is 5.56 Å². The quantitative estimate of drug-likeness (QED) is 0.452. The molecule has 2 aromatic heterocycles. The number of benzene rings is 2. The van der Waals surface area contributed by atoms with Crippen LogP contribution in [-0.2, 0) is 0 Å². The second-order valence-electron chi connectivity index (χ2n) is 6.54. The summed E-state index contributed by atoms with van der Waals surface area (Å²) in [5, 5.41) is 4.29. The molecule has 0 saturated carbocycles. The molecular formula is C22H20FN3O3S. The van der Waals surface area contributed by atoms with E-state index in [1.54, 1.807) is 18.2 Å². The van der Waals surface area contributed by atoms with Crippen molar-refractivity contribution in [2.45, 2.75) is 20.3 Å². The number of halogens is 1. The number of ether oxygens (including phenoxy) is 2. The van der Waals surface area contributed by atoms with E-state index in [4.69, 9.17) is 9.47 Å². The van der Waals surface area contributed by atoms with Gasteiger partial charge in [0.25, 0.3) is 5.56 Å². The fourth-order valence-electron chi connectivity index (χ4n) is 2.92. The number of aromatic nitrogens is 3. The zero-order valence-electron chi connectivity index (χ0n) is 16.6. The maximum absolute atomic E-state index is 13.1. The molecule has 2 aromatic carbocycles. The number of fused-ring (bicyclic) bond motifs is 1. The van der Waals surface area contributed by atoms with Gasteiger partial charge in [0.15, 0.2) is 17.3 Å². The molecule has 154 valence electrons. The normalized spacial score (nSPS) is 11.9. The number of thiazole rings is 1. The lowest BCUT2D eigenvalue weighted by Gasteiger charge is -2.11. The zero-order valence-corrected chi connectivity index (χ0v) is 17.4. The van der Waals surface area contributed by atoms with Gasteiger partial charge in [-0.05, 0) is 61.4 Å². The summed E-state index contributed by atoms with van der Waals surface area (Å²) in [5.41, 5.74) is 1.23. The molecule has 8 heteroatoms. The molecule has 30 heavy (non-hydrogen) atoms. The SMILES string of the molecule is CCCOc1ccc(C=c2sc3nc(-c4ccc(F)cc4)nn3c2=O)cc1OCC. The van der Waals surface area contributed by atoms with Crippen molar-refractivity contribution in [3.8, 4) is 22.9 Å². The van der Waals surface area contributed by atoms with E-state index >= 15 is 0 Å². The lowest BCUT2D eigenvalue weighted by atomic mass is 10.2. The summed E-state index contributed by atoms with van der Waals surface area (Å²) in [7, 11) is 0. The fourth-order valence-corrected chi connectivity index (χ4v) is 3.83. The molecule has 2 heterocycles. The Kier molecular flexibility index (Phi) is 5.76. The first-order chi connectivity index (χ1) is 14.6. The standard InChI is InChI=1S/C22H20FN3O3S/c1-3-11-29-17-10-5-14(12-18(17)28-4-2)13-19-21(27)26-22(30-19)24-20(25-26)15-6-8-16(23)9-7-15/h5-10,12-13H,3-4,11H2,1-2H3. The maximum Gasteiger partial charge on any atom is 0.291 e. The molecule has 0 aliphatic rings. The Morgan fingerprint density at radius 2 is 1.90 bits per heavy atom. The summed E-state index contributed by atoms with van der Waals surface area (Å²) in [6.07, 6.45) is 2.69. The zero-order chi connectivity index (χ0) is 21.1. The van der Waals surface area contributed by atoms with E-state index in [-0.39, 0.29) is 11.4 Å². The number of rotatable bonds is 7. The van der Waals surface area contributed by atoms with Gasteiger partial charge in [0.1, 0.15) is 5.82 Å². The molecule has 4 rings (SSSR count). The topological polar surface area (TPSA) is 65.7 Å². The number of hydrogen-bond donors (Lipinski definition) is 0. The van der Waals surface area contributed by atoms with Crippen LogP contribution < -0.4 is 19.6 Å². The van der Waals surface area contributed by atoms with Crippen LogP contribution in [0, 0.1) is 5.82 Å². The predicted molar refractivity (Wildman–Crippen MR) is 115 cm³/mol. The second-order valence-corrected chi connectivity index (χ2v) is 7.55. The minimum atomic E-state index is -0.335. The Morgan fingerprint density at radius 1 is 1.10 bits per heavy atom.